The number of hydrogen-bond donors (Lipinski definition) is 1. The minimum Gasteiger partial charge on any atom is -0.491 e. The Morgan fingerprint density at radius 3 is 2.86 bits per heavy atom. The molecule has 14 heavy (non-hydrogen) atoms. The van der Waals surface area contributed by atoms with Crippen LogP contribution in [0.4, 0.5) is 0 Å². The summed E-state index contributed by atoms with van der Waals surface area (Å²) in [5.41, 5.74) is 0.544. The Labute approximate surface area is 86.5 Å². The lowest BCUT2D eigenvalue weighted by Gasteiger charge is -2.09. The van der Waals surface area contributed by atoms with Gasteiger partial charge in [0.05, 0.1) is 12.3 Å². The van der Waals surface area contributed by atoms with E-state index in [2.05, 4.69) is 4.98 Å². The molecule has 4 nitrogen and oxygen atoms in total. The molecule has 1 heterocycles. The quantitative estimate of drug-likeness (QED) is 0.839. The van der Waals surface area contributed by atoms with Crippen LogP contribution in [0, 0.1) is 6.92 Å². The average molecular weight is 216 g/mol. The number of carboxylic acid groups (broad SMARTS) is 1. The lowest BCUT2D eigenvalue weighted by molar-refractivity contribution is 0.0692. The molecule has 0 fully saturated rings. The van der Waals surface area contributed by atoms with Gasteiger partial charge in [0.25, 0.3) is 0 Å². The second kappa shape index (κ2) is 4.28. The zero-order chi connectivity index (χ0) is 10.7. The molecule has 1 aromatic rings. The summed E-state index contributed by atoms with van der Waals surface area (Å²) in [5.74, 6) is -0.906. The summed E-state index contributed by atoms with van der Waals surface area (Å²) in [7, 11) is 0. The van der Waals surface area contributed by atoms with E-state index in [1.807, 2.05) is 0 Å². The van der Waals surface area contributed by atoms with Gasteiger partial charge in [0.15, 0.2) is 5.75 Å². The molecule has 0 atom stereocenters. The number of ether oxygens (including phenoxy) is 1. The monoisotopic (exact) mass is 215 g/mol. The van der Waals surface area contributed by atoms with Crippen LogP contribution in [0.2, 0.25) is 5.02 Å². The van der Waals surface area contributed by atoms with Gasteiger partial charge in [0, 0.05) is 6.20 Å². The van der Waals surface area contributed by atoms with E-state index < -0.39 is 5.97 Å². The highest BCUT2D eigenvalue weighted by Gasteiger charge is 2.16. The first-order chi connectivity index (χ1) is 6.57. The molecule has 0 aromatic carbocycles. The van der Waals surface area contributed by atoms with Gasteiger partial charge in [-0.3, -0.25) is 4.98 Å². The summed E-state index contributed by atoms with van der Waals surface area (Å²) in [5, 5.41) is 9.09. The normalized spacial score (nSPS) is 9.93. The van der Waals surface area contributed by atoms with Crippen LogP contribution < -0.4 is 4.74 Å². The van der Waals surface area contributed by atoms with Gasteiger partial charge in [-0.1, -0.05) is 11.6 Å². The van der Waals surface area contributed by atoms with Crippen LogP contribution in [0.25, 0.3) is 0 Å². The average Bonchev–Trinajstić information content (AvgIpc) is 2.13. The Morgan fingerprint density at radius 1 is 1.71 bits per heavy atom. The first kappa shape index (κ1) is 10.8. The van der Waals surface area contributed by atoms with E-state index in [1.54, 1.807) is 13.8 Å². The second-order valence-corrected chi connectivity index (χ2v) is 3.02. The maximum Gasteiger partial charge on any atom is 0.341 e. The molecular weight excluding hydrogens is 206 g/mol. The number of rotatable bonds is 3. The first-order valence-corrected chi connectivity index (χ1v) is 4.47. The van der Waals surface area contributed by atoms with E-state index in [9.17, 15) is 4.79 Å². The van der Waals surface area contributed by atoms with Crippen molar-refractivity contribution < 1.29 is 14.6 Å². The fraction of sp³-hybridized carbons (Fsp3) is 0.333. The van der Waals surface area contributed by atoms with E-state index in [1.165, 1.54) is 6.20 Å². The Bertz CT molecular complexity index is 365. The van der Waals surface area contributed by atoms with Crippen LogP contribution in [0.3, 0.4) is 0 Å². The number of carbonyl (C=O) groups is 1. The summed E-state index contributed by atoms with van der Waals surface area (Å²) >= 11 is 5.87. The van der Waals surface area contributed by atoms with Crippen molar-refractivity contribution >= 4 is 17.6 Å². The van der Waals surface area contributed by atoms with Gasteiger partial charge < -0.3 is 9.84 Å². The molecule has 1 aromatic heterocycles. The SMILES string of the molecule is CCOc1c(C(=O)O)cnc(C)c1Cl. The van der Waals surface area contributed by atoms with Crippen molar-refractivity contribution in [3.8, 4) is 5.75 Å². The van der Waals surface area contributed by atoms with Gasteiger partial charge in [-0.05, 0) is 13.8 Å². The highest BCUT2D eigenvalue weighted by atomic mass is 35.5. The summed E-state index contributed by atoms with van der Waals surface area (Å²) in [6.07, 6.45) is 1.24. The molecule has 0 amide bonds. The third kappa shape index (κ3) is 1.96. The molecule has 5 heteroatoms. The maximum atomic E-state index is 10.8. The smallest absolute Gasteiger partial charge is 0.341 e. The van der Waals surface area contributed by atoms with Crippen LogP contribution >= 0.6 is 11.6 Å². The Morgan fingerprint density at radius 2 is 2.36 bits per heavy atom. The minimum atomic E-state index is -1.09. The summed E-state index contributed by atoms with van der Waals surface area (Å²) in [6.45, 7) is 3.82. The number of aromatic nitrogens is 1. The van der Waals surface area contributed by atoms with Crippen LogP contribution in [0.15, 0.2) is 6.20 Å². The number of pyridine rings is 1. The Balaban J connectivity index is 3.29. The van der Waals surface area contributed by atoms with Gasteiger partial charge >= 0.3 is 5.97 Å². The van der Waals surface area contributed by atoms with Crippen LogP contribution in [-0.4, -0.2) is 22.7 Å². The Kier molecular flexibility index (Phi) is 3.30. The molecule has 0 bridgehead atoms. The lowest BCUT2D eigenvalue weighted by Crippen LogP contribution is -2.05. The molecule has 0 aliphatic heterocycles. The zero-order valence-electron chi connectivity index (χ0n) is 7.87. The molecule has 0 unspecified atom stereocenters. The summed E-state index contributed by atoms with van der Waals surface area (Å²) < 4.78 is 5.16. The largest absolute Gasteiger partial charge is 0.491 e. The zero-order valence-corrected chi connectivity index (χ0v) is 8.63. The van der Waals surface area contributed by atoms with Crippen molar-refractivity contribution in [2.75, 3.05) is 6.61 Å². The molecule has 0 aliphatic rings. The number of hydrogen-bond acceptors (Lipinski definition) is 3. The van der Waals surface area contributed by atoms with Crippen LogP contribution in [-0.2, 0) is 0 Å². The predicted octanol–water partition coefficient (Wildman–Crippen LogP) is 2.14. The topological polar surface area (TPSA) is 59.4 Å². The number of halogens is 1. The molecule has 1 rings (SSSR count). The number of nitrogens with zero attached hydrogens (tertiary/aromatic N) is 1. The molecule has 76 valence electrons. The molecular formula is C9H10ClNO3. The van der Waals surface area contributed by atoms with E-state index in [0.29, 0.717) is 12.3 Å². The van der Waals surface area contributed by atoms with Crippen molar-refractivity contribution in [2.45, 2.75) is 13.8 Å². The molecule has 0 saturated heterocycles. The van der Waals surface area contributed by atoms with Gasteiger partial charge in [0.1, 0.15) is 10.6 Å². The predicted molar refractivity (Wildman–Crippen MR) is 52.1 cm³/mol. The van der Waals surface area contributed by atoms with E-state index in [4.69, 9.17) is 21.4 Å². The van der Waals surface area contributed by atoms with Gasteiger partial charge in [-0.2, -0.15) is 0 Å². The number of carboxylic acids is 1. The Hall–Kier alpha value is -1.29. The third-order valence-corrected chi connectivity index (χ3v) is 2.11. The van der Waals surface area contributed by atoms with Crippen molar-refractivity contribution in [3.63, 3.8) is 0 Å². The molecule has 0 saturated carbocycles. The highest BCUT2D eigenvalue weighted by Crippen LogP contribution is 2.30. The van der Waals surface area contributed by atoms with Gasteiger partial charge in [-0.15, -0.1) is 0 Å². The number of aromatic carboxylic acids is 1. The van der Waals surface area contributed by atoms with Crippen LogP contribution in [0.1, 0.15) is 23.0 Å². The van der Waals surface area contributed by atoms with Crippen molar-refractivity contribution in [1.82, 2.24) is 4.98 Å². The molecule has 0 radical (unpaired) electrons. The lowest BCUT2D eigenvalue weighted by atomic mass is 10.2. The standard InChI is InChI=1S/C9H10ClNO3/c1-3-14-8-6(9(12)13)4-11-5(2)7(8)10/h4H,3H2,1-2H3,(H,12,13). The third-order valence-electron chi connectivity index (χ3n) is 1.67. The summed E-state index contributed by atoms with van der Waals surface area (Å²) in [6, 6.07) is 0. The minimum absolute atomic E-state index is 0.0116. The second-order valence-electron chi connectivity index (χ2n) is 2.64. The van der Waals surface area contributed by atoms with Gasteiger partial charge in [0.2, 0.25) is 0 Å². The molecule has 0 spiro atoms. The fourth-order valence-electron chi connectivity index (χ4n) is 0.997. The summed E-state index contributed by atoms with van der Waals surface area (Å²) in [4.78, 5) is 14.6. The first-order valence-electron chi connectivity index (χ1n) is 4.09. The number of aryl methyl sites for hydroxylation is 1. The van der Waals surface area contributed by atoms with Crippen molar-refractivity contribution in [1.29, 1.82) is 0 Å². The van der Waals surface area contributed by atoms with Crippen LogP contribution in [0.5, 0.6) is 5.75 Å². The van der Waals surface area contributed by atoms with E-state index in [-0.39, 0.29) is 16.3 Å². The van der Waals surface area contributed by atoms with Crippen molar-refractivity contribution in [2.24, 2.45) is 0 Å². The van der Waals surface area contributed by atoms with E-state index in [0.717, 1.165) is 0 Å². The van der Waals surface area contributed by atoms with E-state index >= 15 is 0 Å². The highest BCUT2D eigenvalue weighted by molar-refractivity contribution is 6.33. The maximum absolute atomic E-state index is 10.8. The fourth-order valence-corrected chi connectivity index (χ4v) is 1.20. The molecule has 0 aliphatic carbocycles. The van der Waals surface area contributed by atoms with Crippen molar-refractivity contribution in [3.05, 3.63) is 22.5 Å². The van der Waals surface area contributed by atoms with Gasteiger partial charge in [-0.25, -0.2) is 4.79 Å². The molecule has 1 N–H and O–H groups in total.